The lowest BCUT2D eigenvalue weighted by molar-refractivity contribution is -0.384. The molecule has 2 aromatic heterocycles. The highest BCUT2D eigenvalue weighted by atomic mass is 19.1. The molecule has 8 nitrogen and oxygen atoms in total. The zero-order valence-corrected chi connectivity index (χ0v) is 15.6. The summed E-state index contributed by atoms with van der Waals surface area (Å²) in [6, 6.07) is 8.59. The van der Waals surface area contributed by atoms with Crippen molar-refractivity contribution in [3.8, 4) is 11.3 Å². The molecule has 0 aliphatic heterocycles. The van der Waals surface area contributed by atoms with E-state index in [0.717, 1.165) is 17.7 Å². The van der Waals surface area contributed by atoms with Crippen molar-refractivity contribution < 1.29 is 9.31 Å². The summed E-state index contributed by atoms with van der Waals surface area (Å²) < 4.78 is 13.4. The van der Waals surface area contributed by atoms with E-state index in [2.05, 4.69) is 25.6 Å². The number of nitrogens with zero attached hydrogens (tertiary/aromatic N) is 4. The lowest BCUT2D eigenvalue weighted by Crippen LogP contribution is -2.27. The van der Waals surface area contributed by atoms with Crippen LogP contribution in [0.25, 0.3) is 11.3 Å². The predicted octanol–water partition coefficient (Wildman–Crippen LogP) is 4.54. The summed E-state index contributed by atoms with van der Waals surface area (Å²) in [4.78, 5) is 23.6. The number of aromatic nitrogens is 3. The monoisotopic (exact) mass is 382 g/mol. The van der Waals surface area contributed by atoms with E-state index in [1.165, 1.54) is 6.07 Å². The molecule has 0 atom stereocenters. The third kappa shape index (κ3) is 4.76. The van der Waals surface area contributed by atoms with Crippen LogP contribution in [-0.4, -0.2) is 25.4 Å². The minimum absolute atomic E-state index is 0.129. The Labute approximate surface area is 161 Å². The Kier molecular flexibility index (Phi) is 5.16. The van der Waals surface area contributed by atoms with Gasteiger partial charge in [0, 0.05) is 29.6 Å². The maximum atomic E-state index is 13.4. The van der Waals surface area contributed by atoms with Crippen LogP contribution in [0.2, 0.25) is 0 Å². The minimum atomic E-state index is -0.689. The van der Waals surface area contributed by atoms with Crippen LogP contribution in [0.1, 0.15) is 20.8 Å². The number of hydrogen-bond donors (Lipinski definition) is 2. The topological polar surface area (TPSA) is 106 Å². The molecule has 0 amide bonds. The molecule has 0 spiro atoms. The van der Waals surface area contributed by atoms with Gasteiger partial charge in [-0.2, -0.15) is 4.98 Å². The fourth-order valence-corrected chi connectivity index (χ4v) is 2.46. The van der Waals surface area contributed by atoms with Crippen molar-refractivity contribution in [3.05, 3.63) is 64.7 Å². The number of nitro groups is 1. The fraction of sp³-hybridized carbons (Fsp3) is 0.211. The molecule has 0 aliphatic rings. The second kappa shape index (κ2) is 7.55. The Morgan fingerprint density at radius 2 is 1.93 bits per heavy atom. The Morgan fingerprint density at radius 1 is 1.14 bits per heavy atom. The summed E-state index contributed by atoms with van der Waals surface area (Å²) in [5, 5.41) is 17.3. The summed E-state index contributed by atoms with van der Waals surface area (Å²) in [6.45, 7) is 5.89. The zero-order chi connectivity index (χ0) is 20.3. The fourth-order valence-electron chi connectivity index (χ4n) is 2.46. The normalized spacial score (nSPS) is 11.1. The van der Waals surface area contributed by atoms with Crippen molar-refractivity contribution in [2.45, 2.75) is 26.3 Å². The van der Waals surface area contributed by atoms with Crippen LogP contribution < -0.4 is 10.6 Å². The Balaban J connectivity index is 2.05. The van der Waals surface area contributed by atoms with E-state index in [1.807, 2.05) is 26.8 Å². The summed E-state index contributed by atoms with van der Waals surface area (Å²) in [6.07, 6.45) is 3.31. The summed E-state index contributed by atoms with van der Waals surface area (Å²) >= 11 is 0. The van der Waals surface area contributed by atoms with Crippen molar-refractivity contribution >= 4 is 23.1 Å². The molecule has 3 aromatic rings. The molecule has 0 bridgehead atoms. The molecular formula is C19H19FN6O2. The standard InChI is InChI=1S/C19H19FN6O2/c1-19(2,3)25-18-23-15(12-5-4-8-21-11-12)10-17(24-18)22-14-7-6-13(20)9-16(14)26(27)28/h4-11H,1-3H3,(H2,22,23,24,25). The maximum absolute atomic E-state index is 13.4. The summed E-state index contributed by atoms with van der Waals surface area (Å²) in [5.74, 6) is -0.0116. The number of rotatable bonds is 5. The van der Waals surface area contributed by atoms with Crippen molar-refractivity contribution in [1.82, 2.24) is 15.0 Å². The highest BCUT2D eigenvalue weighted by Gasteiger charge is 2.18. The Hall–Kier alpha value is -3.62. The summed E-state index contributed by atoms with van der Waals surface area (Å²) in [7, 11) is 0. The SMILES string of the molecule is CC(C)(C)Nc1nc(Nc2ccc(F)cc2[N+](=O)[O-])cc(-c2cccnc2)n1. The van der Waals surface area contributed by atoms with E-state index in [-0.39, 0.29) is 16.9 Å². The van der Waals surface area contributed by atoms with E-state index >= 15 is 0 Å². The molecule has 2 heterocycles. The van der Waals surface area contributed by atoms with Gasteiger partial charge in [0.25, 0.3) is 5.69 Å². The van der Waals surface area contributed by atoms with Crippen LogP contribution in [0, 0.1) is 15.9 Å². The molecular weight excluding hydrogens is 363 g/mol. The van der Waals surface area contributed by atoms with Gasteiger partial charge in [-0.1, -0.05) is 0 Å². The predicted molar refractivity (Wildman–Crippen MR) is 105 cm³/mol. The van der Waals surface area contributed by atoms with Crippen LogP contribution in [0.4, 0.5) is 27.5 Å². The van der Waals surface area contributed by atoms with E-state index in [9.17, 15) is 14.5 Å². The smallest absolute Gasteiger partial charge is 0.295 e. The van der Waals surface area contributed by atoms with Gasteiger partial charge in [0.1, 0.15) is 17.3 Å². The van der Waals surface area contributed by atoms with Crippen LogP contribution in [0.3, 0.4) is 0 Å². The molecule has 0 fully saturated rings. The number of pyridine rings is 1. The van der Waals surface area contributed by atoms with Gasteiger partial charge < -0.3 is 10.6 Å². The third-order valence-corrected chi connectivity index (χ3v) is 3.59. The molecule has 0 unspecified atom stereocenters. The van der Waals surface area contributed by atoms with Gasteiger partial charge >= 0.3 is 0 Å². The second-order valence-corrected chi connectivity index (χ2v) is 7.12. The van der Waals surface area contributed by atoms with Gasteiger partial charge in [0.05, 0.1) is 16.7 Å². The van der Waals surface area contributed by atoms with E-state index in [4.69, 9.17) is 0 Å². The minimum Gasteiger partial charge on any atom is -0.350 e. The molecule has 28 heavy (non-hydrogen) atoms. The highest BCUT2D eigenvalue weighted by Crippen LogP contribution is 2.30. The molecule has 0 saturated carbocycles. The Bertz CT molecular complexity index is 1010. The number of anilines is 3. The molecule has 0 radical (unpaired) electrons. The van der Waals surface area contributed by atoms with Gasteiger partial charge in [-0.05, 0) is 45.0 Å². The second-order valence-electron chi connectivity index (χ2n) is 7.12. The van der Waals surface area contributed by atoms with Crippen molar-refractivity contribution in [2.24, 2.45) is 0 Å². The summed E-state index contributed by atoms with van der Waals surface area (Å²) in [5.41, 5.74) is 0.795. The first kappa shape index (κ1) is 19.2. The average molecular weight is 382 g/mol. The largest absolute Gasteiger partial charge is 0.350 e. The van der Waals surface area contributed by atoms with Crippen molar-refractivity contribution in [3.63, 3.8) is 0 Å². The van der Waals surface area contributed by atoms with E-state index in [0.29, 0.717) is 17.5 Å². The molecule has 0 saturated heterocycles. The van der Waals surface area contributed by atoms with E-state index in [1.54, 1.807) is 24.5 Å². The van der Waals surface area contributed by atoms with Crippen molar-refractivity contribution in [1.29, 1.82) is 0 Å². The van der Waals surface area contributed by atoms with Crippen LogP contribution >= 0.6 is 0 Å². The van der Waals surface area contributed by atoms with E-state index < -0.39 is 10.7 Å². The van der Waals surface area contributed by atoms with Crippen LogP contribution in [0.5, 0.6) is 0 Å². The zero-order valence-electron chi connectivity index (χ0n) is 15.6. The molecule has 9 heteroatoms. The Morgan fingerprint density at radius 3 is 2.57 bits per heavy atom. The third-order valence-electron chi connectivity index (χ3n) is 3.59. The first-order chi connectivity index (χ1) is 13.2. The van der Waals surface area contributed by atoms with Gasteiger partial charge in [-0.25, -0.2) is 9.37 Å². The lowest BCUT2D eigenvalue weighted by atomic mass is 10.1. The number of hydrogen-bond acceptors (Lipinski definition) is 7. The molecule has 1 aromatic carbocycles. The van der Waals surface area contributed by atoms with Crippen molar-refractivity contribution in [2.75, 3.05) is 10.6 Å². The van der Waals surface area contributed by atoms with Gasteiger partial charge in [0.15, 0.2) is 0 Å². The van der Waals surface area contributed by atoms with Gasteiger partial charge in [-0.3, -0.25) is 15.1 Å². The maximum Gasteiger partial charge on any atom is 0.295 e. The number of benzene rings is 1. The first-order valence-electron chi connectivity index (χ1n) is 8.50. The van der Waals surface area contributed by atoms with Gasteiger partial charge in [0.2, 0.25) is 5.95 Å². The molecule has 3 rings (SSSR count). The van der Waals surface area contributed by atoms with Crippen LogP contribution in [-0.2, 0) is 0 Å². The lowest BCUT2D eigenvalue weighted by Gasteiger charge is -2.21. The molecule has 0 aliphatic carbocycles. The van der Waals surface area contributed by atoms with Crippen LogP contribution in [0.15, 0.2) is 48.8 Å². The number of nitro benzene ring substituents is 1. The molecule has 144 valence electrons. The highest BCUT2D eigenvalue weighted by molar-refractivity contribution is 5.71. The molecule has 2 N–H and O–H groups in total. The van der Waals surface area contributed by atoms with Gasteiger partial charge in [-0.15, -0.1) is 0 Å². The quantitative estimate of drug-likeness (QED) is 0.493. The number of nitrogens with one attached hydrogen (secondary N) is 2. The first-order valence-corrected chi connectivity index (χ1v) is 8.50. The number of halogens is 1. The average Bonchev–Trinajstić information content (AvgIpc) is 2.62.